The number of nitrogens with zero attached hydrogens (tertiary/aromatic N) is 4. The van der Waals surface area contributed by atoms with Crippen molar-refractivity contribution < 1.29 is 5.11 Å². The third kappa shape index (κ3) is 3.95. The van der Waals surface area contributed by atoms with Gasteiger partial charge in [-0.1, -0.05) is 65.4 Å². The zero-order chi connectivity index (χ0) is 21.2. The van der Waals surface area contributed by atoms with Crippen LogP contribution in [0.3, 0.4) is 0 Å². The van der Waals surface area contributed by atoms with E-state index in [0.717, 1.165) is 27.5 Å². The van der Waals surface area contributed by atoms with Gasteiger partial charge in [0.25, 0.3) is 0 Å². The summed E-state index contributed by atoms with van der Waals surface area (Å²) >= 11 is 7.72. The second kappa shape index (κ2) is 8.34. The Bertz CT molecular complexity index is 1490. The Morgan fingerprint density at radius 3 is 2.68 bits per heavy atom. The minimum atomic E-state index is 0.141. The zero-order valence-corrected chi connectivity index (χ0v) is 17.9. The molecule has 3 aromatic carbocycles. The summed E-state index contributed by atoms with van der Waals surface area (Å²) in [6.07, 6.45) is 3.48. The Balaban J connectivity index is 1.65. The molecule has 152 valence electrons. The molecule has 4 aromatic rings. The lowest BCUT2D eigenvalue weighted by Gasteiger charge is -2.05. The fourth-order valence-corrected chi connectivity index (χ4v) is 4.51. The summed E-state index contributed by atoms with van der Waals surface area (Å²) in [4.78, 5) is 14.6. The van der Waals surface area contributed by atoms with Gasteiger partial charge in [0.1, 0.15) is 6.34 Å². The van der Waals surface area contributed by atoms with Crippen molar-refractivity contribution in [3.63, 3.8) is 0 Å². The van der Waals surface area contributed by atoms with Crippen LogP contribution in [0.5, 0.6) is 5.88 Å². The number of benzene rings is 3. The van der Waals surface area contributed by atoms with Gasteiger partial charge in [-0.2, -0.15) is 0 Å². The third-order valence-corrected chi connectivity index (χ3v) is 6.26. The van der Waals surface area contributed by atoms with E-state index in [1.165, 1.54) is 11.3 Å². The van der Waals surface area contributed by atoms with Gasteiger partial charge in [-0.3, -0.25) is 9.56 Å². The quantitative estimate of drug-likeness (QED) is 0.505. The Morgan fingerprint density at radius 1 is 1.03 bits per heavy atom. The van der Waals surface area contributed by atoms with E-state index >= 15 is 0 Å². The van der Waals surface area contributed by atoms with E-state index in [9.17, 15) is 5.11 Å². The summed E-state index contributed by atoms with van der Waals surface area (Å²) in [5.41, 5.74) is 2.60. The number of aromatic hydroxyl groups is 1. The molecule has 2 heterocycles. The summed E-state index contributed by atoms with van der Waals surface area (Å²) in [5, 5.41) is 13.5. The molecular formula is C24H17ClN4OS. The van der Waals surface area contributed by atoms with Gasteiger partial charge >= 0.3 is 0 Å². The van der Waals surface area contributed by atoms with Crippen LogP contribution in [0, 0.1) is 0 Å². The lowest BCUT2D eigenvalue weighted by atomic mass is 10.2. The molecule has 1 N–H and O–H groups in total. The van der Waals surface area contributed by atoms with Gasteiger partial charge in [0.05, 0.1) is 28.2 Å². The summed E-state index contributed by atoms with van der Waals surface area (Å²) in [5.74, 6) is 0.141. The largest absolute Gasteiger partial charge is 0.493 e. The normalized spacial score (nSPS) is 13.5. The average molecular weight is 445 g/mol. The van der Waals surface area contributed by atoms with E-state index in [1.807, 2.05) is 78.9 Å². The van der Waals surface area contributed by atoms with Gasteiger partial charge < -0.3 is 5.11 Å². The number of thiazole rings is 1. The van der Waals surface area contributed by atoms with E-state index in [0.29, 0.717) is 21.2 Å². The van der Waals surface area contributed by atoms with Gasteiger partial charge in [-0.05, 0) is 47.2 Å². The molecule has 31 heavy (non-hydrogen) atoms. The summed E-state index contributed by atoms with van der Waals surface area (Å²) in [6.45, 7) is 0.418. The number of aliphatic imine (C=N–C) groups is 1. The van der Waals surface area contributed by atoms with Crippen LogP contribution in [0.15, 0.2) is 87.8 Å². The van der Waals surface area contributed by atoms with Crippen molar-refractivity contribution in [2.45, 2.75) is 6.54 Å². The summed E-state index contributed by atoms with van der Waals surface area (Å²) < 4.78 is 1.76. The Kier molecular flexibility index (Phi) is 5.24. The maximum atomic E-state index is 11.1. The number of aromatic nitrogens is 1. The predicted octanol–water partition coefficient (Wildman–Crippen LogP) is 4.12. The fraction of sp³-hybridized carbons (Fsp3) is 0.0417. The first-order valence-electron chi connectivity index (χ1n) is 9.65. The van der Waals surface area contributed by atoms with Crippen molar-refractivity contribution in [3.8, 4) is 11.6 Å². The molecule has 0 amide bonds. The number of halogens is 1. The van der Waals surface area contributed by atoms with Crippen LogP contribution in [-0.4, -0.2) is 16.0 Å². The minimum Gasteiger partial charge on any atom is -0.493 e. The minimum absolute atomic E-state index is 0.141. The highest BCUT2D eigenvalue weighted by atomic mass is 35.5. The standard InChI is InChI=1S/C24H17ClN4OS/c25-19-9-5-4-6-17(19)14-26-24-29(18-7-2-1-3-8-18)23(30)22(31-24)13-16-10-11-20-21(12-16)28-15-27-20/h1-13,15,30H,14H2. The first-order chi connectivity index (χ1) is 15.2. The molecule has 5 rings (SSSR count). The average Bonchev–Trinajstić information content (AvgIpc) is 3.38. The molecule has 1 aliphatic heterocycles. The van der Waals surface area contributed by atoms with E-state index in [1.54, 1.807) is 10.9 Å². The Labute approximate surface area is 187 Å². The van der Waals surface area contributed by atoms with Gasteiger partial charge in [0.2, 0.25) is 5.88 Å². The van der Waals surface area contributed by atoms with Gasteiger partial charge in [-0.25, -0.2) is 9.98 Å². The first kappa shape index (κ1) is 19.5. The van der Waals surface area contributed by atoms with Gasteiger partial charge in [0, 0.05) is 5.02 Å². The maximum Gasteiger partial charge on any atom is 0.215 e. The van der Waals surface area contributed by atoms with Crippen LogP contribution < -0.4 is 15.4 Å². The second-order valence-corrected chi connectivity index (χ2v) is 8.33. The van der Waals surface area contributed by atoms with Crippen LogP contribution in [0.1, 0.15) is 10.4 Å². The van der Waals surface area contributed by atoms with Crippen molar-refractivity contribution in [1.29, 1.82) is 0 Å². The smallest absolute Gasteiger partial charge is 0.215 e. The molecule has 0 atom stereocenters. The molecule has 0 spiro atoms. The monoisotopic (exact) mass is 444 g/mol. The van der Waals surface area contributed by atoms with Gasteiger partial charge in [-0.15, -0.1) is 0 Å². The van der Waals surface area contributed by atoms with Crippen molar-refractivity contribution in [1.82, 2.24) is 4.57 Å². The molecule has 1 aromatic heterocycles. The molecule has 0 unspecified atom stereocenters. The summed E-state index contributed by atoms with van der Waals surface area (Å²) in [6, 6.07) is 23.2. The number of fused-ring (bicyclic) bond motifs is 1. The number of hydrogen-bond acceptors (Lipinski definition) is 5. The lowest BCUT2D eigenvalue weighted by Crippen LogP contribution is -2.12. The van der Waals surface area contributed by atoms with Crippen molar-refractivity contribution in [3.05, 3.63) is 104 Å². The number of hydrogen-bond donors (Lipinski definition) is 1. The van der Waals surface area contributed by atoms with Crippen molar-refractivity contribution in [2.75, 3.05) is 0 Å². The highest BCUT2D eigenvalue weighted by Gasteiger charge is 2.13. The van der Waals surface area contributed by atoms with Crippen LogP contribution in [0.25, 0.3) is 11.8 Å². The van der Waals surface area contributed by atoms with Crippen LogP contribution in [-0.2, 0) is 6.54 Å². The molecule has 0 radical (unpaired) electrons. The fourth-order valence-electron chi connectivity index (χ4n) is 3.32. The maximum absolute atomic E-state index is 11.1. The number of para-hydroxylation sites is 1. The molecule has 0 saturated carbocycles. The summed E-state index contributed by atoms with van der Waals surface area (Å²) in [7, 11) is 0. The molecule has 0 aliphatic carbocycles. The zero-order valence-electron chi connectivity index (χ0n) is 16.3. The van der Waals surface area contributed by atoms with E-state index in [2.05, 4.69) is 9.98 Å². The SMILES string of the molecule is Oc1c(C=c2ccc3c(c2)N=CN=3)sc(=NCc2ccccc2Cl)n1-c1ccccc1. The third-order valence-electron chi connectivity index (χ3n) is 4.87. The molecule has 5 nitrogen and oxygen atoms in total. The topological polar surface area (TPSA) is 62.2 Å². The van der Waals surface area contributed by atoms with Crippen LogP contribution in [0.2, 0.25) is 5.02 Å². The van der Waals surface area contributed by atoms with Crippen molar-refractivity contribution in [2.24, 2.45) is 15.0 Å². The van der Waals surface area contributed by atoms with Crippen molar-refractivity contribution >= 4 is 41.0 Å². The van der Waals surface area contributed by atoms with E-state index in [-0.39, 0.29) is 5.88 Å². The highest BCUT2D eigenvalue weighted by Crippen LogP contribution is 2.25. The lowest BCUT2D eigenvalue weighted by molar-refractivity contribution is 0.439. The molecule has 1 aliphatic rings. The van der Waals surface area contributed by atoms with E-state index in [4.69, 9.17) is 16.6 Å². The number of rotatable bonds is 4. The molecular weight excluding hydrogens is 428 g/mol. The molecule has 0 fully saturated rings. The van der Waals surface area contributed by atoms with Crippen LogP contribution in [0.4, 0.5) is 5.69 Å². The molecule has 7 heteroatoms. The van der Waals surface area contributed by atoms with Crippen LogP contribution >= 0.6 is 22.9 Å². The predicted molar refractivity (Wildman–Crippen MR) is 125 cm³/mol. The van der Waals surface area contributed by atoms with E-state index < -0.39 is 0 Å². The Morgan fingerprint density at radius 2 is 1.84 bits per heavy atom. The Hall–Kier alpha value is -3.48. The van der Waals surface area contributed by atoms with Gasteiger partial charge in [0.15, 0.2) is 4.80 Å². The molecule has 0 bridgehead atoms. The first-order valence-corrected chi connectivity index (χ1v) is 10.8. The highest BCUT2D eigenvalue weighted by molar-refractivity contribution is 7.10. The molecule has 0 saturated heterocycles. The second-order valence-electron chi connectivity index (χ2n) is 6.92.